The molecule has 3 nitrogen and oxygen atoms in total. The third-order valence-corrected chi connectivity index (χ3v) is 1.77. The molecule has 1 heterocycles. The van der Waals surface area contributed by atoms with E-state index < -0.39 is 0 Å². The molecule has 0 spiro atoms. The summed E-state index contributed by atoms with van der Waals surface area (Å²) in [5, 5.41) is 3.13. The fourth-order valence-corrected chi connectivity index (χ4v) is 0.914. The normalized spacial score (nSPS) is 12.6. The van der Waals surface area contributed by atoms with Crippen LogP contribution < -0.4 is 11.1 Å². The molecule has 0 aromatic carbocycles. The van der Waals surface area contributed by atoms with E-state index in [9.17, 15) is 0 Å². The first-order valence-electron chi connectivity index (χ1n) is 4.17. The van der Waals surface area contributed by atoms with Crippen molar-refractivity contribution in [2.24, 2.45) is 5.73 Å². The van der Waals surface area contributed by atoms with Gasteiger partial charge < -0.3 is 11.1 Å². The van der Waals surface area contributed by atoms with Crippen molar-refractivity contribution in [3.05, 3.63) is 23.9 Å². The van der Waals surface area contributed by atoms with Gasteiger partial charge in [0, 0.05) is 6.20 Å². The fraction of sp³-hybridized carbons (Fsp3) is 0.444. The van der Waals surface area contributed by atoms with Crippen LogP contribution in [0.1, 0.15) is 18.9 Å². The van der Waals surface area contributed by atoms with Gasteiger partial charge >= 0.3 is 0 Å². The van der Waals surface area contributed by atoms with Gasteiger partial charge in [0.25, 0.3) is 0 Å². The lowest BCUT2D eigenvalue weighted by Crippen LogP contribution is -2.29. The van der Waals surface area contributed by atoms with Gasteiger partial charge in [0.2, 0.25) is 0 Å². The quantitative estimate of drug-likeness (QED) is 0.667. The van der Waals surface area contributed by atoms with Crippen molar-refractivity contribution in [1.29, 1.82) is 0 Å². The van der Waals surface area contributed by atoms with Crippen molar-refractivity contribution in [3.8, 4) is 0 Å². The third kappa shape index (κ3) is 2.20. The van der Waals surface area contributed by atoms with E-state index in [4.69, 9.17) is 5.73 Å². The molecule has 0 aliphatic heterocycles. The molecule has 3 heteroatoms. The summed E-state index contributed by atoms with van der Waals surface area (Å²) in [5.74, 6) is 0.881. The fourth-order valence-electron chi connectivity index (χ4n) is 0.914. The molecule has 66 valence electrons. The first-order valence-corrected chi connectivity index (χ1v) is 4.17. The zero-order chi connectivity index (χ0) is 8.97. The molecule has 1 rings (SSSR count). The van der Waals surface area contributed by atoms with E-state index in [1.165, 1.54) is 0 Å². The Morgan fingerprint density at radius 3 is 3.00 bits per heavy atom. The molecular formula is C9H15N3. The van der Waals surface area contributed by atoms with Crippen LogP contribution in [0.5, 0.6) is 0 Å². The molecule has 1 aromatic rings. The van der Waals surface area contributed by atoms with Crippen LogP contribution in [-0.2, 0) is 0 Å². The maximum absolute atomic E-state index is 5.72. The first-order chi connectivity index (χ1) is 5.74. The Morgan fingerprint density at radius 1 is 1.67 bits per heavy atom. The van der Waals surface area contributed by atoms with E-state index in [1.54, 1.807) is 6.20 Å². The van der Waals surface area contributed by atoms with Gasteiger partial charge in [-0.05, 0) is 25.0 Å². The van der Waals surface area contributed by atoms with Gasteiger partial charge in [0.15, 0.2) is 0 Å². The standard InChI is InChI=1S/C9H15N3/c1-3-8(10)12-9-7(2)5-4-6-11-9/h4-6,8H,3,10H2,1-2H3,(H,11,12). The Kier molecular flexibility index (Phi) is 3.05. The van der Waals surface area contributed by atoms with Crippen molar-refractivity contribution in [1.82, 2.24) is 4.98 Å². The molecule has 0 amide bonds. The molecule has 0 saturated carbocycles. The number of nitrogens with zero attached hydrogens (tertiary/aromatic N) is 1. The number of rotatable bonds is 3. The van der Waals surface area contributed by atoms with Gasteiger partial charge in [0.05, 0.1) is 6.17 Å². The number of anilines is 1. The average molecular weight is 165 g/mol. The molecule has 0 radical (unpaired) electrons. The number of aromatic nitrogens is 1. The maximum atomic E-state index is 5.72. The smallest absolute Gasteiger partial charge is 0.130 e. The van der Waals surface area contributed by atoms with Gasteiger partial charge in [-0.2, -0.15) is 0 Å². The predicted molar refractivity (Wildman–Crippen MR) is 50.9 cm³/mol. The van der Waals surface area contributed by atoms with Crippen LogP contribution in [0.3, 0.4) is 0 Å². The van der Waals surface area contributed by atoms with Gasteiger partial charge in [-0.25, -0.2) is 4.98 Å². The number of nitrogens with two attached hydrogens (primary N) is 1. The lowest BCUT2D eigenvalue weighted by atomic mass is 10.3. The van der Waals surface area contributed by atoms with E-state index in [2.05, 4.69) is 10.3 Å². The molecule has 0 fully saturated rings. The van der Waals surface area contributed by atoms with E-state index in [0.29, 0.717) is 0 Å². The topological polar surface area (TPSA) is 50.9 Å². The number of nitrogens with one attached hydrogen (secondary N) is 1. The SMILES string of the molecule is CCC(N)Nc1ncccc1C. The Balaban J connectivity index is 2.69. The monoisotopic (exact) mass is 165 g/mol. The van der Waals surface area contributed by atoms with Crippen LogP contribution in [0.4, 0.5) is 5.82 Å². The number of pyridine rings is 1. The first kappa shape index (κ1) is 9.00. The van der Waals surface area contributed by atoms with Crippen LogP contribution in [0, 0.1) is 6.92 Å². The molecule has 1 aromatic heterocycles. The van der Waals surface area contributed by atoms with Crippen LogP contribution >= 0.6 is 0 Å². The molecule has 1 unspecified atom stereocenters. The minimum absolute atomic E-state index is 0.00130. The highest BCUT2D eigenvalue weighted by molar-refractivity contribution is 5.42. The molecule has 1 atom stereocenters. The van der Waals surface area contributed by atoms with Crippen LogP contribution in [-0.4, -0.2) is 11.1 Å². The van der Waals surface area contributed by atoms with Gasteiger partial charge in [0.1, 0.15) is 5.82 Å². The van der Waals surface area contributed by atoms with Gasteiger partial charge in [-0.1, -0.05) is 13.0 Å². The Hall–Kier alpha value is -1.09. The molecule has 0 saturated heterocycles. The van der Waals surface area contributed by atoms with Crippen molar-refractivity contribution in [3.63, 3.8) is 0 Å². The zero-order valence-corrected chi connectivity index (χ0v) is 7.54. The predicted octanol–water partition coefficient (Wildman–Crippen LogP) is 1.50. The molecule has 0 bridgehead atoms. The molecule has 12 heavy (non-hydrogen) atoms. The van der Waals surface area contributed by atoms with Crippen LogP contribution in [0.25, 0.3) is 0 Å². The highest BCUT2D eigenvalue weighted by Gasteiger charge is 2.01. The second-order valence-electron chi connectivity index (χ2n) is 2.83. The van der Waals surface area contributed by atoms with Crippen LogP contribution in [0.2, 0.25) is 0 Å². The van der Waals surface area contributed by atoms with Crippen molar-refractivity contribution in [2.45, 2.75) is 26.4 Å². The van der Waals surface area contributed by atoms with Crippen LogP contribution in [0.15, 0.2) is 18.3 Å². The zero-order valence-electron chi connectivity index (χ0n) is 7.54. The van der Waals surface area contributed by atoms with Crippen molar-refractivity contribution >= 4 is 5.82 Å². The number of aryl methyl sites for hydroxylation is 1. The molecule has 0 aliphatic carbocycles. The summed E-state index contributed by atoms with van der Waals surface area (Å²) < 4.78 is 0. The minimum atomic E-state index is -0.00130. The van der Waals surface area contributed by atoms with E-state index in [1.807, 2.05) is 26.0 Å². The highest BCUT2D eigenvalue weighted by atomic mass is 15.1. The maximum Gasteiger partial charge on any atom is 0.130 e. The summed E-state index contributed by atoms with van der Waals surface area (Å²) in [6.07, 6.45) is 2.66. The summed E-state index contributed by atoms with van der Waals surface area (Å²) >= 11 is 0. The summed E-state index contributed by atoms with van der Waals surface area (Å²) in [6, 6.07) is 3.93. The Morgan fingerprint density at radius 2 is 2.42 bits per heavy atom. The Labute approximate surface area is 73.0 Å². The third-order valence-electron chi connectivity index (χ3n) is 1.77. The largest absolute Gasteiger partial charge is 0.355 e. The Bertz CT molecular complexity index is 247. The van der Waals surface area contributed by atoms with E-state index in [-0.39, 0.29) is 6.17 Å². The van der Waals surface area contributed by atoms with E-state index >= 15 is 0 Å². The summed E-state index contributed by atoms with van der Waals surface area (Å²) in [5.41, 5.74) is 6.85. The number of hydrogen-bond acceptors (Lipinski definition) is 3. The summed E-state index contributed by atoms with van der Waals surface area (Å²) in [7, 11) is 0. The summed E-state index contributed by atoms with van der Waals surface area (Å²) in [6.45, 7) is 4.05. The number of hydrogen-bond donors (Lipinski definition) is 2. The highest BCUT2D eigenvalue weighted by Crippen LogP contribution is 2.09. The van der Waals surface area contributed by atoms with Gasteiger partial charge in [-0.15, -0.1) is 0 Å². The summed E-state index contributed by atoms with van der Waals surface area (Å²) in [4.78, 5) is 4.18. The van der Waals surface area contributed by atoms with Crippen molar-refractivity contribution in [2.75, 3.05) is 5.32 Å². The molecular weight excluding hydrogens is 150 g/mol. The molecule has 0 aliphatic rings. The second kappa shape index (κ2) is 4.07. The second-order valence-corrected chi connectivity index (χ2v) is 2.83. The molecule has 3 N–H and O–H groups in total. The van der Waals surface area contributed by atoms with Crippen molar-refractivity contribution < 1.29 is 0 Å². The lowest BCUT2D eigenvalue weighted by Gasteiger charge is -2.13. The minimum Gasteiger partial charge on any atom is -0.355 e. The van der Waals surface area contributed by atoms with E-state index in [0.717, 1.165) is 17.8 Å². The van der Waals surface area contributed by atoms with Gasteiger partial charge in [-0.3, -0.25) is 0 Å². The average Bonchev–Trinajstić information content (AvgIpc) is 2.09. The lowest BCUT2D eigenvalue weighted by molar-refractivity contribution is 0.724.